The van der Waals surface area contributed by atoms with Crippen LogP contribution in [0.4, 0.5) is 0 Å². The second-order valence-corrected chi connectivity index (χ2v) is 10.0. The molecule has 210 valence electrons. The van der Waals surface area contributed by atoms with E-state index >= 15 is 0 Å². The molecular weight excluding hydrogens is 518 g/mol. The van der Waals surface area contributed by atoms with Gasteiger partial charge in [0.05, 0.1) is 47.7 Å². The molecular formula is C24H34N5O8S-. The van der Waals surface area contributed by atoms with E-state index < -0.39 is 10.1 Å². The molecule has 1 aromatic carbocycles. The number of aromatic nitrogens is 4. The van der Waals surface area contributed by atoms with Crippen molar-refractivity contribution in [3.8, 4) is 17.1 Å². The summed E-state index contributed by atoms with van der Waals surface area (Å²) in [5.74, 6) is 0.948. The number of nitrogens with zero attached hydrogens (tertiary/aromatic N) is 4. The topological polar surface area (TPSA) is 191 Å². The van der Waals surface area contributed by atoms with Crippen LogP contribution in [0.1, 0.15) is 36.3 Å². The number of carbonyl (C=O) groups is 1. The molecule has 0 amide bonds. The average molecular weight is 553 g/mol. The summed E-state index contributed by atoms with van der Waals surface area (Å²) in [6, 6.07) is 5.29. The van der Waals surface area contributed by atoms with Crippen molar-refractivity contribution in [3.05, 3.63) is 39.8 Å². The third-order valence-corrected chi connectivity index (χ3v) is 5.58. The number of ketones is 1. The van der Waals surface area contributed by atoms with Gasteiger partial charge < -0.3 is 24.5 Å². The first-order valence-corrected chi connectivity index (χ1v) is 13.8. The Morgan fingerprint density at radius 2 is 1.89 bits per heavy atom. The minimum absolute atomic E-state index is 0. The molecule has 0 atom stereocenters. The smallest absolute Gasteiger partial charge is 0.277 e. The van der Waals surface area contributed by atoms with E-state index in [1.165, 1.54) is 0 Å². The molecule has 3 N–H and O–H groups in total. The van der Waals surface area contributed by atoms with Crippen LogP contribution >= 0.6 is 0 Å². The van der Waals surface area contributed by atoms with E-state index in [4.69, 9.17) is 27.4 Å². The molecule has 0 spiro atoms. The maximum Gasteiger partial charge on any atom is 0.277 e. The minimum Gasteiger partial charge on any atom is -0.748 e. The van der Waals surface area contributed by atoms with Crippen molar-refractivity contribution in [2.75, 3.05) is 45.7 Å². The molecule has 1 aliphatic rings. The number of H-pyrrole nitrogens is 1. The summed E-state index contributed by atoms with van der Waals surface area (Å²) in [6.45, 7) is 7.48. The number of hydrogen-bond acceptors (Lipinski definition) is 10. The highest BCUT2D eigenvalue weighted by molar-refractivity contribution is 7.84. The Kier molecular flexibility index (Phi) is 11.1. The van der Waals surface area contributed by atoms with E-state index in [1.54, 1.807) is 29.9 Å². The Balaban J connectivity index is 0.000000774. The molecule has 1 aliphatic heterocycles. The fraction of sp³-hybridized carbons (Fsp3) is 0.500. The van der Waals surface area contributed by atoms with E-state index in [2.05, 4.69) is 21.9 Å². The van der Waals surface area contributed by atoms with Gasteiger partial charge in [-0.15, -0.1) is 0 Å². The van der Waals surface area contributed by atoms with Gasteiger partial charge >= 0.3 is 0 Å². The third-order valence-electron chi connectivity index (χ3n) is 5.58. The zero-order valence-electron chi connectivity index (χ0n) is 21.9. The molecule has 1 fully saturated rings. The number of nitrogens with one attached hydrogen (secondary N) is 1. The highest BCUT2D eigenvalue weighted by atomic mass is 32.2. The number of benzene rings is 1. The summed E-state index contributed by atoms with van der Waals surface area (Å²) in [6.07, 6.45) is 2.22. The van der Waals surface area contributed by atoms with Crippen LogP contribution in [-0.2, 0) is 28.3 Å². The summed E-state index contributed by atoms with van der Waals surface area (Å²) in [4.78, 5) is 35.5. The van der Waals surface area contributed by atoms with Crippen molar-refractivity contribution in [1.29, 1.82) is 0 Å². The largest absolute Gasteiger partial charge is 0.748 e. The third kappa shape index (κ3) is 8.16. The van der Waals surface area contributed by atoms with E-state index in [0.717, 1.165) is 31.6 Å². The zero-order valence-corrected chi connectivity index (χ0v) is 22.8. The van der Waals surface area contributed by atoms with Crippen molar-refractivity contribution in [3.63, 3.8) is 0 Å². The van der Waals surface area contributed by atoms with E-state index in [9.17, 15) is 9.59 Å². The lowest BCUT2D eigenvalue weighted by Crippen LogP contribution is -2.39. The fourth-order valence-electron chi connectivity index (χ4n) is 4.00. The summed E-state index contributed by atoms with van der Waals surface area (Å²) in [5.41, 5.74) is 2.68. The van der Waals surface area contributed by atoms with Crippen molar-refractivity contribution >= 4 is 26.9 Å². The first-order valence-electron chi connectivity index (χ1n) is 12.0. The van der Waals surface area contributed by atoms with Gasteiger partial charge in [-0.25, -0.2) is 13.4 Å². The van der Waals surface area contributed by atoms with Crippen molar-refractivity contribution in [2.24, 2.45) is 7.05 Å². The lowest BCUT2D eigenvalue weighted by Gasteiger charge is -2.25. The number of hydrogen-bond donors (Lipinski definition) is 1. The Labute approximate surface area is 220 Å². The number of morpholine rings is 1. The highest BCUT2D eigenvalue weighted by Crippen LogP contribution is 2.30. The number of rotatable bonds is 8. The lowest BCUT2D eigenvalue weighted by molar-refractivity contribution is 0.0371. The molecule has 4 rings (SSSR count). The molecule has 3 heterocycles. The summed E-state index contributed by atoms with van der Waals surface area (Å²) in [5, 5.41) is 4.48. The SMILES string of the molecule is CCCc1nn(C)c2c(=O)[nH]c(-c3cc(C(=O)CN4CCOCC4)ccc3OCC)nc12.CS(=O)(=O)[O-].O. The van der Waals surface area contributed by atoms with Crippen LogP contribution in [0.15, 0.2) is 23.0 Å². The van der Waals surface area contributed by atoms with Gasteiger partial charge in [0.2, 0.25) is 0 Å². The quantitative estimate of drug-likeness (QED) is 0.304. The maximum atomic E-state index is 13.0. The number of fused-ring (bicyclic) bond motifs is 1. The van der Waals surface area contributed by atoms with Crippen LogP contribution in [0.5, 0.6) is 5.75 Å². The van der Waals surface area contributed by atoms with Gasteiger partial charge in [0.1, 0.15) is 17.1 Å². The lowest BCUT2D eigenvalue weighted by atomic mass is 10.0. The van der Waals surface area contributed by atoms with Crippen molar-refractivity contribution < 1.29 is 32.7 Å². The molecule has 13 nitrogen and oxygen atoms in total. The molecule has 2 aromatic heterocycles. The molecule has 38 heavy (non-hydrogen) atoms. The zero-order chi connectivity index (χ0) is 27.2. The first kappa shape index (κ1) is 31.1. The van der Waals surface area contributed by atoms with Crippen LogP contribution in [0.25, 0.3) is 22.4 Å². The monoisotopic (exact) mass is 552 g/mol. The Hall–Kier alpha value is -3.17. The molecule has 0 aliphatic carbocycles. The molecule has 0 bridgehead atoms. The van der Waals surface area contributed by atoms with Crippen molar-refractivity contribution in [1.82, 2.24) is 24.6 Å². The molecule has 3 aromatic rings. The number of Topliss-reactive ketones (excluding diaryl/α,β-unsaturated/α-hetero) is 1. The van der Waals surface area contributed by atoms with Gasteiger partial charge in [-0.2, -0.15) is 5.10 Å². The molecule has 0 radical (unpaired) electrons. The van der Waals surface area contributed by atoms with Gasteiger partial charge in [0.15, 0.2) is 11.3 Å². The van der Waals surface area contributed by atoms with Gasteiger partial charge in [-0.1, -0.05) is 13.3 Å². The highest BCUT2D eigenvalue weighted by Gasteiger charge is 2.20. The number of carbonyl (C=O) groups excluding carboxylic acids is 1. The van der Waals surface area contributed by atoms with E-state index in [-0.39, 0.29) is 16.8 Å². The standard InChI is InChI=1S/C23H29N5O4.CH4O3S.H2O/c1-4-6-17-20-21(27(3)26-17)23(30)25-22(24-20)16-13-15(7-8-19(16)32-5-2)18(29)14-28-9-11-31-12-10-28;1-5(2,3)4;/h7-8,13H,4-6,9-12,14H2,1-3H3,(H,24,25,30);1H3,(H,2,3,4);1H2/p-1. The molecule has 0 saturated carbocycles. The second-order valence-electron chi connectivity index (χ2n) is 8.59. The molecule has 0 unspecified atom stereocenters. The fourth-order valence-corrected chi connectivity index (χ4v) is 4.00. The average Bonchev–Trinajstić information content (AvgIpc) is 3.15. The number of ether oxygens (including phenoxy) is 2. The Bertz CT molecular complexity index is 1400. The van der Waals surface area contributed by atoms with Gasteiger partial charge in [-0.05, 0) is 31.5 Å². The molecule has 14 heteroatoms. The van der Waals surface area contributed by atoms with Gasteiger partial charge in [-0.3, -0.25) is 19.2 Å². The first-order chi connectivity index (χ1) is 17.5. The van der Waals surface area contributed by atoms with E-state index in [1.807, 2.05) is 6.92 Å². The number of aryl methyl sites for hydroxylation is 2. The minimum atomic E-state index is -3.92. The Morgan fingerprint density at radius 3 is 2.50 bits per heavy atom. The van der Waals surface area contributed by atoms with Crippen LogP contribution < -0.4 is 10.3 Å². The summed E-state index contributed by atoms with van der Waals surface area (Å²) < 4.78 is 40.0. The summed E-state index contributed by atoms with van der Waals surface area (Å²) >= 11 is 0. The predicted octanol–water partition coefficient (Wildman–Crippen LogP) is 0.526. The molecule has 1 saturated heterocycles. The summed E-state index contributed by atoms with van der Waals surface area (Å²) in [7, 11) is -2.17. The van der Waals surface area contributed by atoms with Crippen LogP contribution in [0.3, 0.4) is 0 Å². The van der Waals surface area contributed by atoms with Gasteiger partial charge in [0, 0.05) is 32.0 Å². The van der Waals surface area contributed by atoms with E-state index in [0.29, 0.717) is 66.4 Å². The predicted molar refractivity (Wildman–Crippen MR) is 141 cm³/mol. The van der Waals surface area contributed by atoms with Crippen molar-refractivity contribution in [2.45, 2.75) is 26.7 Å². The maximum absolute atomic E-state index is 13.0. The van der Waals surface area contributed by atoms with Crippen LogP contribution in [-0.4, -0.2) is 94.6 Å². The second kappa shape index (κ2) is 13.6. The van der Waals surface area contributed by atoms with Crippen LogP contribution in [0.2, 0.25) is 0 Å². The number of aromatic amines is 1. The normalized spacial score (nSPS) is 13.9. The Morgan fingerprint density at radius 1 is 1.24 bits per heavy atom. The van der Waals surface area contributed by atoms with Crippen LogP contribution in [0, 0.1) is 0 Å². The van der Waals surface area contributed by atoms with Gasteiger partial charge in [0.25, 0.3) is 5.56 Å².